The first-order valence-electron chi connectivity index (χ1n) is 5.62. The first-order chi connectivity index (χ1) is 7.45. The average molecular weight is 227 g/mol. The van der Waals surface area contributed by atoms with Crippen molar-refractivity contribution in [3.63, 3.8) is 0 Å². The van der Waals surface area contributed by atoms with Crippen molar-refractivity contribution in [1.82, 2.24) is 0 Å². The van der Waals surface area contributed by atoms with Gasteiger partial charge in [0, 0.05) is 25.7 Å². The lowest BCUT2D eigenvalue weighted by Gasteiger charge is -2.26. The molecule has 2 atom stereocenters. The fourth-order valence-corrected chi connectivity index (χ4v) is 1.74. The first kappa shape index (κ1) is 15.4. The van der Waals surface area contributed by atoms with Crippen molar-refractivity contribution < 1.29 is 9.84 Å². The number of aliphatic hydroxyl groups excluding tert-OH is 1. The molecule has 0 radical (unpaired) electrons. The normalized spacial score (nSPS) is 14.4. The largest absolute Gasteiger partial charge is 0.396 e. The lowest BCUT2D eigenvalue weighted by Crippen LogP contribution is -2.35. The van der Waals surface area contributed by atoms with E-state index in [1.54, 1.807) is 7.11 Å². The highest BCUT2D eigenvalue weighted by molar-refractivity contribution is 5.19. The summed E-state index contributed by atoms with van der Waals surface area (Å²) in [6, 6.07) is -0.151. The van der Waals surface area contributed by atoms with Crippen LogP contribution in [-0.4, -0.2) is 31.5 Å². The molecule has 0 aromatic carbocycles. The summed E-state index contributed by atoms with van der Waals surface area (Å²) in [4.78, 5) is 0. The molecule has 3 N–H and O–H groups in total. The molecule has 0 aliphatic rings. The Bertz CT molecular complexity index is 255. The third kappa shape index (κ3) is 4.47. The summed E-state index contributed by atoms with van der Waals surface area (Å²) in [6.07, 6.45) is 0.668. The van der Waals surface area contributed by atoms with Gasteiger partial charge in [0.2, 0.25) is 0 Å². The van der Waals surface area contributed by atoms with Crippen molar-refractivity contribution in [1.29, 1.82) is 0 Å². The predicted molar refractivity (Wildman–Crippen MR) is 68.2 cm³/mol. The van der Waals surface area contributed by atoms with Gasteiger partial charge in [-0.05, 0) is 32.8 Å². The van der Waals surface area contributed by atoms with E-state index in [1.165, 1.54) is 11.1 Å². The summed E-state index contributed by atoms with van der Waals surface area (Å²) in [7, 11) is 1.63. The van der Waals surface area contributed by atoms with Crippen molar-refractivity contribution in [3.8, 4) is 0 Å². The molecule has 0 saturated heterocycles. The van der Waals surface area contributed by atoms with Gasteiger partial charge in [-0.2, -0.15) is 0 Å². The molecule has 0 heterocycles. The lowest BCUT2D eigenvalue weighted by molar-refractivity contribution is 0.212. The second-order valence-electron chi connectivity index (χ2n) is 4.42. The minimum Gasteiger partial charge on any atom is -0.396 e. The fraction of sp³-hybridized carbons (Fsp3) is 0.692. The topological polar surface area (TPSA) is 55.5 Å². The molecule has 16 heavy (non-hydrogen) atoms. The van der Waals surface area contributed by atoms with E-state index in [2.05, 4.69) is 27.4 Å². The SMILES string of the molecule is C=C(COC)C(N)C(CCO)C(C)=C(C)C. The van der Waals surface area contributed by atoms with Gasteiger partial charge in [0.25, 0.3) is 0 Å². The highest BCUT2D eigenvalue weighted by atomic mass is 16.5. The van der Waals surface area contributed by atoms with Crippen LogP contribution in [0.25, 0.3) is 0 Å². The molecule has 3 heteroatoms. The number of methoxy groups -OCH3 is 1. The molecule has 0 rings (SSSR count). The van der Waals surface area contributed by atoms with Crippen LogP contribution in [-0.2, 0) is 4.74 Å². The predicted octanol–water partition coefficient (Wildman–Crippen LogP) is 1.87. The van der Waals surface area contributed by atoms with Crippen LogP contribution in [0.1, 0.15) is 27.2 Å². The van der Waals surface area contributed by atoms with E-state index >= 15 is 0 Å². The number of hydrogen-bond acceptors (Lipinski definition) is 3. The molecule has 0 aliphatic carbocycles. The zero-order chi connectivity index (χ0) is 12.7. The zero-order valence-corrected chi connectivity index (χ0v) is 10.9. The molecule has 0 bridgehead atoms. The monoisotopic (exact) mass is 227 g/mol. The summed E-state index contributed by atoms with van der Waals surface area (Å²) in [6.45, 7) is 10.7. The minimum atomic E-state index is -0.151. The molecule has 0 fully saturated rings. The van der Waals surface area contributed by atoms with E-state index < -0.39 is 0 Å². The Morgan fingerprint density at radius 1 is 1.38 bits per heavy atom. The Hall–Kier alpha value is -0.640. The summed E-state index contributed by atoms with van der Waals surface area (Å²) in [5.74, 6) is 0.151. The highest BCUT2D eigenvalue weighted by Crippen LogP contribution is 2.24. The van der Waals surface area contributed by atoms with E-state index in [0.29, 0.717) is 13.0 Å². The third-order valence-corrected chi connectivity index (χ3v) is 3.02. The molecule has 0 aliphatic heterocycles. The summed E-state index contributed by atoms with van der Waals surface area (Å²) in [5, 5.41) is 9.09. The number of ether oxygens (including phenoxy) is 1. The molecule has 94 valence electrons. The molecular formula is C13H25NO2. The van der Waals surface area contributed by atoms with Crippen molar-refractivity contribution >= 4 is 0 Å². The average Bonchev–Trinajstić information content (AvgIpc) is 2.24. The summed E-state index contributed by atoms with van der Waals surface area (Å²) < 4.78 is 5.04. The van der Waals surface area contributed by atoms with Crippen molar-refractivity contribution in [2.75, 3.05) is 20.3 Å². The standard InChI is InChI=1S/C13H25NO2/c1-9(2)11(4)12(6-7-15)13(14)10(3)8-16-5/h12-13,15H,3,6-8,14H2,1-2,4-5H3. The first-order valence-corrected chi connectivity index (χ1v) is 5.62. The highest BCUT2D eigenvalue weighted by Gasteiger charge is 2.22. The van der Waals surface area contributed by atoms with Crippen molar-refractivity contribution in [2.24, 2.45) is 11.7 Å². The van der Waals surface area contributed by atoms with E-state index in [-0.39, 0.29) is 18.6 Å². The van der Waals surface area contributed by atoms with E-state index in [1.807, 2.05) is 0 Å². The van der Waals surface area contributed by atoms with Crippen LogP contribution in [0.15, 0.2) is 23.3 Å². The lowest BCUT2D eigenvalue weighted by atomic mass is 9.84. The second kappa shape index (κ2) is 7.60. The number of rotatable bonds is 7. The number of allylic oxidation sites excluding steroid dienone is 1. The maximum atomic E-state index is 9.09. The van der Waals surface area contributed by atoms with Gasteiger partial charge < -0.3 is 15.6 Å². The quantitative estimate of drug-likeness (QED) is 0.653. The maximum Gasteiger partial charge on any atom is 0.0685 e. The maximum absolute atomic E-state index is 9.09. The van der Waals surface area contributed by atoms with Gasteiger partial charge in [0.15, 0.2) is 0 Å². The summed E-state index contributed by atoms with van der Waals surface area (Å²) >= 11 is 0. The number of nitrogens with two attached hydrogens (primary N) is 1. The van der Waals surface area contributed by atoms with Crippen LogP contribution in [0.4, 0.5) is 0 Å². The van der Waals surface area contributed by atoms with Crippen LogP contribution >= 0.6 is 0 Å². The van der Waals surface area contributed by atoms with Crippen LogP contribution in [0.2, 0.25) is 0 Å². The second-order valence-corrected chi connectivity index (χ2v) is 4.42. The Morgan fingerprint density at radius 2 is 1.94 bits per heavy atom. The molecule has 0 aromatic rings. The Kier molecular flexibility index (Phi) is 7.30. The van der Waals surface area contributed by atoms with E-state index in [0.717, 1.165) is 5.57 Å². The van der Waals surface area contributed by atoms with E-state index in [9.17, 15) is 0 Å². The van der Waals surface area contributed by atoms with Gasteiger partial charge in [-0.1, -0.05) is 17.7 Å². The van der Waals surface area contributed by atoms with Gasteiger partial charge in [-0.25, -0.2) is 0 Å². The van der Waals surface area contributed by atoms with Gasteiger partial charge in [-0.15, -0.1) is 0 Å². The molecule has 3 nitrogen and oxygen atoms in total. The fourth-order valence-electron chi connectivity index (χ4n) is 1.74. The smallest absolute Gasteiger partial charge is 0.0685 e. The minimum absolute atomic E-state index is 0.142. The van der Waals surface area contributed by atoms with Gasteiger partial charge in [0.05, 0.1) is 6.61 Å². The van der Waals surface area contributed by atoms with Gasteiger partial charge in [0.1, 0.15) is 0 Å². The molecule has 0 aromatic heterocycles. The Morgan fingerprint density at radius 3 is 2.31 bits per heavy atom. The van der Waals surface area contributed by atoms with Gasteiger partial charge >= 0.3 is 0 Å². The van der Waals surface area contributed by atoms with E-state index in [4.69, 9.17) is 15.6 Å². The van der Waals surface area contributed by atoms with Crippen LogP contribution in [0.5, 0.6) is 0 Å². The molecular weight excluding hydrogens is 202 g/mol. The van der Waals surface area contributed by atoms with Crippen LogP contribution in [0.3, 0.4) is 0 Å². The molecule has 2 unspecified atom stereocenters. The third-order valence-electron chi connectivity index (χ3n) is 3.02. The Labute approximate surface area is 99.0 Å². The number of hydrogen-bond donors (Lipinski definition) is 2. The molecule has 0 amide bonds. The van der Waals surface area contributed by atoms with Crippen molar-refractivity contribution in [3.05, 3.63) is 23.3 Å². The zero-order valence-electron chi connectivity index (χ0n) is 10.9. The molecule has 0 spiro atoms. The number of aliphatic hydroxyl groups is 1. The summed E-state index contributed by atoms with van der Waals surface area (Å²) in [5.41, 5.74) is 9.51. The Balaban J connectivity index is 4.78. The van der Waals surface area contributed by atoms with Crippen LogP contribution in [0, 0.1) is 5.92 Å². The van der Waals surface area contributed by atoms with Gasteiger partial charge in [-0.3, -0.25) is 0 Å². The molecule has 0 saturated carbocycles. The van der Waals surface area contributed by atoms with Crippen molar-refractivity contribution in [2.45, 2.75) is 33.2 Å². The van der Waals surface area contributed by atoms with Crippen LogP contribution < -0.4 is 5.73 Å².